The normalized spacial score (nSPS) is 14.8. The molecule has 1 amide bonds. The third kappa shape index (κ3) is 2.74. The highest BCUT2D eigenvalue weighted by molar-refractivity contribution is 7.07. The van der Waals surface area contributed by atoms with Gasteiger partial charge < -0.3 is 10.4 Å². The van der Waals surface area contributed by atoms with Gasteiger partial charge in [-0.25, -0.2) is 0 Å². The first-order chi connectivity index (χ1) is 6.65. The Hall–Kier alpha value is -1.01. The molecule has 1 rings (SSSR count). The van der Waals surface area contributed by atoms with Crippen molar-refractivity contribution in [1.29, 1.82) is 0 Å². The summed E-state index contributed by atoms with van der Waals surface area (Å²) in [5.74, 6) is -0.146. The average molecular weight is 215 g/mol. The third-order valence-electron chi connectivity index (χ3n) is 2.09. The van der Waals surface area contributed by atoms with Crippen LogP contribution in [0.1, 0.15) is 23.5 Å². The van der Waals surface area contributed by atoms with E-state index >= 15 is 0 Å². The van der Waals surface area contributed by atoms with Gasteiger partial charge in [-0.2, -0.15) is 0 Å². The van der Waals surface area contributed by atoms with Gasteiger partial charge in [0.1, 0.15) is 4.88 Å². The van der Waals surface area contributed by atoms with Crippen molar-refractivity contribution in [2.24, 2.45) is 5.92 Å². The smallest absolute Gasteiger partial charge is 0.264 e. The van der Waals surface area contributed by atoms with Gasteiger partial charge in [0, 0.05) is 12.6 Å². The standard InChI is InChI=1S/C8H13N3O2S/c1-5(4-12)6(2)10-8(13)7-3-9-11-14-7/h3,5-6,12H,4H2,1-2H3,(H,10,13). The number of rotatable bonds is 4. The number of amides is 1. The van der Waals surface area contributed by atoms with E-state index < -0.39 is 0 Å². The Labute approximate surface area is 86.3 Å². The minimum Gasteiger partial charge on any atom is -0.396 e. The summed E-state index contributed by atoms with van der Waals surface area (Å²) >= 11 is 1.06. The van der Waals surface area contributed by atoms with Gasteiger partial charge in [-0.1, -0.05) is 11.4 Å². The van der Waals surface area contributed by atoms with Crippen molar-refractivity contribution in [2.75, 3.05) is 6.61 Å². The predicted octanol–water partition coefficient (Wildman–Crippen LogP) is 0.285. The Morgan fingerprint density at radius 2 is 2.43 bits per heavy atom. The van der Waals surface area contributed by atoms with Crippen LogP contribution in [0.15, 0.2) is 6.20 Å². The summed E-state index contributed by atoms with van der Waals surface area (Å²) in [5.41, 5.74) is 0. The maximum atomic E-state index is 11.5. The molecule has 1 aromatic heterocycles. The number of aliphatic hydroxyl groups is 1. The zero-order valence-corrected chi connectivity index (χ0v) is 8.91. The number of carbonyl (C=O) groups excluding carboxylic acids is 1. The molecule has 0 aliphatic rings. The van der Waals surface area contributed by atoms with Crippen LogP contribution in [-0.2, 0) is 0 Å². The molecule has 0 radical (unpaired) electrons. The van der Waals surface area contributed by atoms with Crippen LogP contribution >= 0.6 is 11.5 Å². The molecule has 0 aliphatic carbocycles. The molecule has 0 aliphatic heterocycles. The van der Waals surface area contributed by atoms with Crippen LogP contribution in [0.3, 0.4) is 0 Å². The summed E-state index contributed by atoms with van der Waals surface area (Å²) in [5, 5.41) is 15.2. The third-order valence-corrected chi connectivity index (χ3v) is 2.75. The summed E-state index contributed by atoms with van der Waals surface area (Å²) in [6, 6.07) is -0.0606. The molecule has 0 saturated carbocycles. The van der Waals surface area contributed by atoms with Gasteiger partial charge >= 0.3 is 0 Å². The quantitative estimate of drug-likeness (QED) is 0.756. The van der Waals surface area contributed by atoms with E-state index in [0.717, 1.165) is 11.5 Å². The molecule has 1 heterocycles. The lowest BCUT2D eigenvalue weighted by Crippen LogP contribution is -2.38. The SMILES string of the molecule is CC(CO)C(C)NC(=O)c1cnns1. The molecule has 2 atom stereocenters. The highest BCUT2D eigenvalue weighted by atomic mass is 32.1. The summed E-state index contributed by atoms with van der Waals surface area (Å²) in [6.07, 6.45) is 1.43. The van der Waals surface area contributed by atoms with Gasteiger partial charge in [-0.3, -0.25) is 4.79 Å². The Morgan fingerprint density at radius 1 is 1.71 bits per heavy atom. The number of aromatic nitrogens is 2. The fourth-order valence-electron chi connectivity index (χ4n) is 0.845. The topological polar surface area (TPSA) is 75.1 Å². The molecule has 1 aromatic rings. The number of carbonyl (C=O) groups is 1. The van der Waals surface area contributed by atoms with Crippen molar-refractivity contribution in [1.82, 2.24) is 14.9 Å². The van der Waals surface area contributed by atoms with E-state index in [2.05, 4.69) is 14.9 Å². The van der Waals surface area contributed by atoms with E-state index in [0.29, 0.717) is 4.88 Å². The summed E-state index contributed by atoms with van der Waals surface area (Å²) < 4.78 is 3.60. The van der Waals surface area contributed by atoms with E-state index in [1.807, 2.05) is 13.8 Å². The molecule has 0 spiro atoms. The molecule has 5 nitrogen and oxygen atoms in total. The first kappa shape index (κ1) is 11.1. The highest BCUT2D eigenvalue weighted by Gasteiger charge is 2.16. The summed E-state index contributed by atoms with van der Waals surface area (Å²) in [4.78, 5) is 12.0. The molecule has 78 valence electrons. The van der Waals surface area contributed by atoms with Crippen molar-refractivity contribution < 1.29 is 9.90 Å². The number of nitrogens with zero attached hydrogens (tertiary/aromatic N) is 2. The lowest BCUT2D eigenvalue weighted by atomic mass is 10.1. The number of hydrogen-bond acceptors (Lipinski definition) is 5. The Morgan fingerprint density at radius 3 is 2.93 bits per heavy atom. The molecular formula is C8H13N3O2S. The fourth-order valence-corrected chi connectivity index (χ4v) is 1.26. The molecule has 6 heteroatoms. The van der Waals surface area contributed by atoms with Gasteiger partial charge in [0.25, 0.3) is 5.91 Å². The van der Waals surface area contributed by atoms with Crippen LogP contribution in [0.2, 0.25) is 0 Å². The van der Waals surface area contributed by atoms with Gasteiger partial charge in [0.05, 0.1) is 6.20 Å². The monoisotopic (exact) mass is 215 g/mol. The van der Waals surface area contributed by atoms with Crippen LogP contribution in [0.4, 0.5) is 0 Å². The average Bonchev–Trinajstić information content (AvgIpc) is 2.69. The van der Waals surface area contributed by atoms with Gasteiger partial charge in [-0.05, 0) is 24.4 Å². The van der Waals surface area contributed by atoms with Crippen LogP contribution in [0.5, 0.6) is 0 Å². The van der Waals surface area contributed by atoms with E-state index in [-0.39, 0.29) is 24.5 Å². The van der Waals surface area contributed by atoms with Crippen LogP contribution in [0.25, 0.3) is 0 Å². The number of aliphatic hydroxyl groups excluding tert-OH is 1. The molecule has 0 bridgehead atoms. The van der Waals surface area contributed by atoms with Crippen molar-refractivity contribution in [3.63, 3.8) is 0 Å². The molecule has 0 aromatic carbocycles. The second kappa shape index (κ2) is 5.02. The minimum atomic E-state index is -0.187. The lowest BCUT2D eigenvalue weighted by Gasteiger charge is -2.18. The van der Waals surface area contributed by atoms with Crippen LogP contribution < -0.4 is 5.32 Å². The van der Waals surface area contributed by atoms with Gasteiger partial charge in [0.15, 0.2) is 0 Å². The summed E-state index contributed by atoms with van der Waals surface area (Å²) in [6.45, 7) is 3.78. The minimum absolute atomic E-state index is 0.0415. The first-order valence-electron chi connectivity index (χ1n) is 4.34. The first-order valence-corrected chi connectivity index (χ1v) is 5.11. The summed E-state index contributed by atoms with van der Waals surface area (Å²) in [7, 11) is 0. The Kier molecular flexibility index (Phi) is 3.97. The van der Waals surface area contributed by atoms with Crippen molar-refractivity contribution in [2.45, 2.75) is 19.9 Å². The van der Waals surface area contributed by atoms with E-state index in [1.165, 1.54) is 6.20 Å². The molecule has 2 N–H and O–H groups in total. The van der Waals surface area contributed by atoms with E-state index in [1.54, 1.807) is 0 Å². The number of hydrogen-bond donors (Lipinski definition) is 2. The Balaban J connectivity index is 2.49. The molecule has 2 unspecified atom stereocenters. The largest absolute Gasteiger partial charge is 0.396 e. The van der Waals surface area contributed by atoms with E-state index in [9.17, 15) is 4.79 Å². The van der Waals surface area contributed by atoms with Crippen molar-refractivity contribution in [3.05, 3.63) is 11.1 Å². The van der Waals surface area contributed by atoms with Crippen molar-refractivity contribution >= 4 is 17.4 Å². The predicted molar refractivity (Wildman–Crippen MR) is 53.1 cm³/mol. The lowest BCUT2D eigenvalue weighted by molar-refractivity contribution is 0.0920. The van der Waals surface area contributed by atoms with Gasteiger partial charge in [-0.15, -0.1) is 5.10 Å². The second-order valence-electron chi connectivity index (χ2n) is 3.20. The molecule has 14 heavy (non-hydrogen) atoms. The second-order valence-corrected chi connectivity index (χ2v) is 3.99. The molecule has 0 fully saturated rings. The highest BCUT2D eigenvalue weighted by Crippen LogP contribution is 2.05. The van der Waals surface area contributed by atoms with Crippen molar-refractivity contribution in [3.8, 4) is 0 Å². The molecule has 0 saturated heterocycles. The zero-order chi connectivity index (χ0) is 10.6. The number of nitrogens with one attached hydrogen (secondary N) is 1. The zero-order valence-electron chi connectivity index (χ0n) is 8.10. The maximum absolute atomic E-state index is 11.5. The van der Waals surface area contributed by atoms with Crippen LogP contribution in [-0.4, -0.2) is 33.2 Å². The maximum Gasteiger partial charge on any atom is 0.264 e. The van der Waals surface area contributed by atoms with Gasteiger partial charge in [0.2, 0.25) is 0 Å². The van der Waals surface area contributed by atoms with E-state index in [4.69, 9.17) is 5.11 Å². The molecular weight excluding hydrogens is 202 g/mol. The van der Waals surface area contributed by atoms with Crippen LogP contribution in [0, 0.1) is 5.92 Å². The Bertz CT molecular complexity index is 289. The fraction of sp³-hybridized carbons (Fsp3) is 0.625.